The Hall–Kier alpha value is -2.18. The number of aryl methyl sites for hydroxylation is 2. The van der Waals surface area contributed by atoms with Crippen LogP contribution < -0.4 is 10.6 Å². The highest BCUT2D eigenvalue weighted by Crippen LogP contribution is 2.31. The van der Waals surface area contributed by atoms with Gasteiger partial charge in [-0.25, -0.2) is 0 Å². The molecule has 1 aliphatic rings. The molecule has 1 aromatic heterocycles. The van der Waals surface area contributed by atoms with E-state index in [1.807, 2.05) is 18.1 Å². The van der Waals surface area contributed by atoms with E-state index in [1.165, 1.54) is 22.2 Å². The quantitative estimate of drug-likeness (QED) is 0.891. The van der Waals surface area contributed by atoms with E-state index in [9.17, 15) is 4.79 Å². The zero-order valence-electron chi connectivity index (χ0n) is 15.2. The lowest BCUT2D eigenvalue weighted by molar-refractivity contribution is -0.119. The Kier molecular flexibility index (Phi) is 5.20. The molecular formula is C19H26N4O2. The van der Waals surface area contributed by atoms with Crippen molar-refractivity contribution in [2.75, 3.05) is 44.7 Å². The van der Waals surface area contributed by atoms with Crippen LogP contribution in [0.25, 0.3) is 10.9 Å². The van der Waals surface area contributed by atoms with Crippen LogP contribution in [-0.4, -0.2) is 61.7 Å². The second-order valence-corrected chi connectivity index (χ2v) is 6.86. The SMILES string of the molecule is Cc1cnc2c(C)cccc2c1N1CCOC(CN(C)CC(N)=O)C1. The number of para-hydroxylation sites is 1. The van der Waals surface area contributed by atoms with Gasteiger partial charge in [0.2, 0.25) is 5.91 Å². The summed E-state index contributed by atoms with van der Waals surface area (Å²) in [4.78, 5) is 20.0. The zero-order chi connectivity index (χ0) is 18.0. The fraction of sp³-hybridized carbons (Fsp3) is 0.474. The summed E-state index contributed by atoms with van der Waals surface area (Å²) in [5.74, 6) is -0.318. The minimum absolute atomic E-state index is 0.0468. The van der Waals surface area contributed by atoms with Crippen LogP contribution in [0.4, 0.5) is 5.69 Å². The Balaban J connectivity index is 1.84. The van der Waals surface area contributed by atoms with Crippen molar-refractivity contribution in [1.82, 2.24) is 9.88 Å². The maximum absolute atomic E-state index is 11.1. The summed E-state index contributed by atoms with van der Waals surface area (Å²) in [6, 6.07) is 6.32. The highest BCUT2D eigenvalue weighted by Gasteiger charge is 2.24. The predicted molar refractivity (Wildman–Crippen MR) is 99.9 cm³/mol. The van der Waals surface area contributed by atoms with Crippen LogP contribution in [0.1, 0.15) is 11.1 Å². The molecule has 0 saturated carbocycles. The van der Waals surface area contributed by atoms with Gasteiger partial charge < -0.3 is 15.4 Å². The van der Waals surface area contributed by atoms with Crippen LogP contribution in [0, 0.1) is 13.8 Å². The van der Waals surface area contributed by atoms with Crippen molar-refractivity contribution < 1.29 is 9.53 Å². The molecule has 2 N–H and O–H groups in total. The van der Waals surface area contributed by atoms with Crippen LogP contribution in [0.15, 0.2) is 24.4 Å². The number of carbonyl (C=O) groups excluding carboxylic acids is 1. The maximum Gasteiger partial charge on any atom is 0.231 e. The third-order valence-electron chi connectivity index (χ3n) is 4.65. The third-order valence-corrected chi connectivity index (χ3v) is 4.65. The summed E-state index contributed by atoms with van der Waals surface area (Å²) in [6.07, 6.45) is 2.00. The molecule has 6 heteroatoms. The average Bonchev–Trinajstić information content (AvgIpc) is 2.54. The van der Waals surface area contributed by atoms with Crippen molar-refractivity contribution in [3.8, 4) is 0 Å². The van der Waals surface area contributed by atoms with Gasteiger partial charge in [0.25, 0.3) is 0 Å². The lowest BCUT2D eigenvalue weighted by Gasteiger charge is -2.37. The second kappa shape index (κ2) is 7.37. The Morgan fingerprint density at radius 1 is 1.40 bits per heavy atom. The number of primary amides is 1. The number of hydrogen-bond donors (Lipinski definition) is 1. The topological polar surface area (TPSA) is 71.7 Å². The van der Waals surface area contributed by atoms with E-state index < -0.39 is 0 Å². The van der Waals surface area contributed by atoms with E-state index in [1.54, 1.807) is 0 Å². The molecule has 1 fully saturated rings. The second-order valence-electron chi connectivity index (χ2n) is 6.86. The van der Waals surface area contributed by atoms with E-state index in [-0.39, 0.29) is 18.6 Å². The van der Waals surface area contributed by atoms with Crippen molar-refractivity contribution >= 4 is 22.5 Å². The maximum atomic E-state index is 11.1. The number of amides is 1. The number of likely N-dealkylation sites (N-methyl/N-ethyl adjacent to an activating group) is 1. The Labute approximate surface area is 148 Å². The average molecular weight is 342 g/mol. The first kappa shape index (κ1) is 17.6. The number of hydrogen-bond acceptors (Lipinski definition) is 5. The molecule has 0 bridgehead atoms. The summed E-state index contributed by atoms with van der Waals surface area (Å²) in [5.41, 5.74) is 9.92. The summed E-state index contributed by atoms with van der Waals surface area (Å²) in [6.45, 7) is 7.44. The molecule has 2 heterocycles. The van der Waals surface area contributed by atoms with Crippen molar-refractivity contribution in [2.45, 2.75) is 20.0 Å². The smallest absolute Gasteiger partial charge is 0.231 e. The molecule has 0 radical (unpaired) electrons. The number of benzene rings is 1. The molecule has 134 valence electrons. The number of ether oxygens (including phenoxy) is 1. The highest BCUT2D eigenvalue weighted by molar-refractivity contribution is 5.95. The van der Waals surface area contributed by atoms with Crippen molar-refractivity contribution in [3.63, 3.8) is 0 Å². The van der Waals surface area contributed by atoms with Gasteiger partial charge in [0.15, 0.2) is 0 Å². The van der Waals surface area contributed by atoms with Crippen molar-refractivity contribution in [1.29, 1.82) is 0 Å². The molecule has 25 heavy (non-hydrogen) atoms. The number of rotatable bonds is 5. The highest BCUT2D eigenvalue weighted by atomic mass is 16.5. The van der Waals surface area contributed by atoms with Crippen molar-refractivity contribution in [2.24, 2.45) is 5.73 Å². The van der Waals surface area contributed by atoms with Crippen LogP contribution in [0.3, 0.4) is 0 Å². The van der Waals surface area contributed by atoms with Gasteiger partial charge in [0.1, 0.15) is 0 Å². The minimum atomic E-state index is -0.318. The summed E-state index contributed by atoms with van der Waals surface area (Å²) in [7, 11) is 1.89. The normalized spacial score (nSPS) is 18.1. The number of nitrogens with two attached hydrogens (primary N) is 1. The monoisotopic (exact) mass is 342 g/mol. The number of pyridine rings is 1. The first-order valence-electron chi connectivity index (χ1n) is 8.64. The largest absolute Gasteiger partial charge is 0.373 e. The molecular weight excluding hydrogens is 316 g/mol. The van der Waals surface area contributed by atoms with E-state index in [4.69, 9.17) is 10.5 Å². The fourth-order valence-corrected chi connectivity index (χ4v) is 3.59. The van der Waals surface area contributed by atoms with E-state index in [0.717, 1.165) is 18.6 Å². The summed E-state index contributed by atoms with van der Waals surface area (Å²) >= 11 is 0. The van der Waals surface area contributed by atoms with Crippen LogP contribution in [-0.2, 0) is 9.53 Å². The lowest BCUT2D eigenvalue weighted by Crippen LogP contribution is -2.48. The molecule has 1 unspecified atom stereocenters. The van der Waals surface area contributed by atoms with Gasteiger partial charge in [-0.05, 0) is 32.0 Å². The first-order valence-corrected chi connectivity index (χ1v) is 8.64. The van der Waals surface area contributed by atoms with Gasteiger partial charge in [-0.3, -0.25) is 14.7 Å². The van der Waals surface area contributed by atoms with Gasteiger partial charge in [0, 0.05) is 31.2 Å². The summed E-state index contributed by atoms with van der Waals surface area (Å²) < 4.78 is 5.91. The van der Waals surface area contributed by atoms with Gasteiger partial charge in [-0.1, -0.05) is 18.2 Å². The molecule has 1 saturated heterocycles. The van der Waals surface area contributed by atoms with E-state index in [0.29, 0.717) is 13.2 Å². The molecule has 0 aliphatic carbocycles. The Morgan fingerprint density at radius 2 is 2.20 bits per heavy atom. The first-order chi connectivity index (χ1) is 12.0. The van der Waals surface area contributed by atoms with Gasteiger partial charge in [-0.2, -0.15) is 0 Å². The van der Waals surface area contributed by atoms with E-state index in [2.05, 4.69) is 41.9 Å². The minimum Gasteiger partial charge on any atom is -0.373 e. The lowest BCUT2D eigenvalue weighted by atomic mass is 10.0. The van der Waals surface area contributed by atoms with Crippen LogP contribution >= 0.6 is 0 Å². The van der Waals surface area contributed by atoms with Gasteiger partial charge in [-0.15, -0.1) is 0 Å². The molecule has 1 amide bonds. The standard InChI is InChI=1S/C19H26N4O2/c1-13-5-4-6-16-18(13)21-9-14(2)19(16)23-7-8-25-15(11-23)10-22(3)12-17(20)24/h4-6,9,15H,7-8,10-12H2,1-3H3,(H2,20,24). The van der Waals surface area contributed by atoms with Crippen LogP contribution in [0.2, 0.25) is 0 Å². The summed E-state index contributed by atoms with van der Waals surface area (Å²) in [5, 5.41) is 1.19. The Bertz CT molecular complexity index is 777. The zero-order valence-corrected chi connectivity index (χ0v) is 15.2. The fourth-order valence-electron chi connectivity index (χ4n) is 3.59. The number of fused-ring (bicyclic) bond motifs is 1. The predicted octanol–water partition coefficient (Wildman–Crippen LogP) is 1.47. The number of nitrogens with zero attached hydrogens (tertiary/aromatic N) is 3. The molecule has 3 rings (SSSR count). The van der Waals surface area contributed by atoms with Crippen molar-refractivity contribution in [3.05, 3.63) is 35.5 Å². The number of carbonyl (C=O) groups is 1. The third kappa shape index (κ3) is 3.91. The Morgan fingerprint density at radius 3 is 2.96 bits per heavy atom. The number of anilines is 1. The molecule has 6 nitrogen and oxygen atoms in total. The van der Waals surface area contributed by atoms with E-state index >= 15 is 0 Å². The molecule has 0 spiro atoms. The molecule has 2 aromatic rings. The molecule has 1 aromatic carbocycles. The number of aromatic nitrogens is 1. The van der Waals surface area contributed by atoms with Gasteiger partial charge in [0.05, 0.1) is 30.5 Å². The molecule has 1 aliphatic heterocycles. The molecule has 1 atom stereocenters. The van der Waals surface area contributed by atoms with Crippen LogP contribution in [0.5, 0.6) is 0 Å². The van der Waals surface area contributed by atoms with Gasteiger partial charge >= 0.3 is 0 Å². The number of morpholine rings is 1.